The highest BCUT2D eigenvalue weighted by Crippen LogP contribution is 2.40. The summed E-state index contributed by atoms with van der Waals surface area (Å²) in [6.07, 6.45) is -1.19. The minimum Gasteiger partial charge on any atom is -0.459 e. The van der Waals surface area contributed by atoms with Crippen LogP contribution >= 0.6 is 27.5 Å². The van der Waals surface area contributed by atoms with Gasteiger partial charge in [-0.1, -0.05) is 66.2 Å². The molecule has 0 saturated carbocycles. The van der Waals surface area contributed by atoms with Gasteiger partial charge in [-0.3, -0.25) is 0 Å². The summed E-state index contributed by atoms with van der Waals surface area (Å²) in [5, 5.41) is 1.06. The highest BCUT2D eigenvalue weighted by atomic mass is 79.9. The van der Waals surface area contributed by atoms with E-state index in [-0.39, 0.29) is 17.7 Å². The second-order valence-corrected chi connectivity index (χ2v) is 11.1. The Bertz CT molecular complexity index is 1800. The van der Waals surface area contributed by atoms with Gasteiger partial charge in [0.15, 0.2) is 18.4 Å². The van der Waals surface area contributed by atoms with Gasteiger partial charge in [0.2, 0.25) is 0 Å². The topological polar surface area (TPSA) is 106 Å². The van der Waals surface area contributed by atoms with Crippen LogP contribution in [-0.2, 0) is 18.9 Å². The summed E-state index contributed by atoms with van der Waals surface area (Å²) >= 11 is 10.0. The van der Waals surface area contributed by atoms with E-state index in [0.29, 0.717) is 26.1 Å². The molecule has 0 unspecified atom stereocenters. The number of benzene rings is 3. The number of hydrogen-bond acceptors (Lipinski definition) is 8. The molecule has 4 atom stereocenters. The zero-order chi connectivity index (χ0) is 30.6. The number of carbonyl (C=O) groups excluding carboxylic acids is 3. The summed E-state index contributed by atoms with van der Waals surface area (Å²) in [6.45, 7) is -0.301. The molecule has 3 aromatic carbocycles. The molecule has 6 rings (SSSR count). The number of esters is 3. The highest BCUT2D eigenvalue weighted by Gasteiger charge is 2.51. The summed E-state index contributed by atoms with van der Waals surface area (Å²) in [7, 11) is 0. The molecular weight excluding hydrogens is 652 g/mol. The van der Waals surface area contributed by atoms with Gasteiger partial charge in [0.1, 0.15) is 18.4 Å². The maximum atomic E-state index is 13.4. The summed E-state index contributed by atoms with van der Waals surface area (Å²) in [5.41, 5.74) is 1.35. The van der Waals surface area contributed by atoms with Crippen molar-refractivity contribution in [3.05, 3.63) is 136 Å². The van der Waals surface area contributed by atoms with E-state index >= 15 is 0 Å². The van der Waals surface area contributed by atoms with Crippen LogP contribution in [0, 0.1) is 0 Å². The Balaban J connectivity index is 1.39. The van der Waals surface area contributed by atoms with Crippen molar-refractivity contribution in [2.24, 2.45) is 0 Å². The van der Waals surface area contributed by atoms with Crippen molar-refractivity contribution in [2.45, 2.75) is 24.5 Å². The van der Waals surface area contributed by atoms with Crippen molar-refractivity contribution in [3.63, 3.8) is 0 Å². The third-order valence-corrected chi connectivity index (χ3v) is 7.99. The summed E-state index contributed by atoms with van der Waals surface area (Å²) < 4.78 is 26.3. The maximum absolute atomic E-state index is 13.4. The lowest BCUT2D eigenvalue weighted by molar-refractivity contribution is -0.0604. The molecule has 1 aliphatic heterocycles. The molecule has 3 heterocycles. The van der Waals surface area contributed by atoms with E-state index in [4.69, 9.17) is 30.5 Å². The van der Waals surface area contributed by atoms with Crippen LogP contribution in [0.2, 0.25) is 5.02 Å². The van der Waals surface area contributed by atoms with Gasteiger partial charge >= 0.3 is 17.9 Å². The number of hydrogen-bond donors (Lipinski definition) is 0. The average Bonchev–Trinajstić information content (AvgIpc) is 3.57. The fourth-order valence-corrected chi connectivity index (χ4v) is 5.94. The predicted molar refractivity (Wildman–Crippen MR) is 164 cm³/mol. The summed E-state index contributed by atoms with van der Waals surface area (Å²) in [5.74, 6) is -1.92. The molecule has 5 aromatic rings. The van der Waals surface area contributed by atoms with Gasteiger partial charge in [-0.05, 0) is 58.4 Å². The van der Waals surface area contributed by atoms with Gasteiger partial charge in [0.05, 0.1) is 27.1 Å². The van der Waals surface area contributed by atoms with Gasteiger partial charge < -0.3 is 23.5 Å². The van der Waals surface area contributed by atoms with Gasteiger partial charge in [-0.2, -0.15) is 0 Å². The molecule has 0 N–H and O–H groups in total. The molecule has 2 aromatic heterocycles. The Hall–Kier alpha value is -4.51. The first-order valence-corrected chi connectivity index (χ1v) is 14.8. The standard InChI is InChI=1S/C33H24BrClN2O7/c34-23-18-37(29-26(23)24(35)16-17-36-29)30-28(44-33(40)22-14-8-3-9-15-22)27(43-32(39)21-12-6-2-7-13-21)25(42-30)19-41-31(38)20-10-4-1-5-11-20/h1-18,25,27-28,30H,19H2/t25-,27-,28-,30-/m1/s1. The number of ether oxygens (including phenoxy) is 4. The van der Waals surface area contributed by atoms with E-state index in [1.54, 1.807) is 114 Å². The van der Waals surface area contributed by atoms with Crippen LogP contribution in [0.25, 0.3) is 11.0 Å². The first kappa shape index (κ1) is 29.6. The van der Waals surface area contributed by atoms with Gasteiger partial charge in [-0.25, -0.2) is 19.4 Å². The van der Waals surface area contributed by atoms with Crippen molar-refractivity contribution in [1.82, 2.24) is 9.55 Å². The lowest BCUT2D eigenvalue weighted by Crippen LogP contribution is -2.41. The Morgan fingerprint density at radius 1 is 0.773 bits per heavy atom. The van der Waals surface area contributed by atoms with Crippen molar-refractivity contribution >= 4 is 56.5 Å². The maximum Gasteiger partial charge on any atom is 0.338 e. The molecule has 0 bridgehead atoms. The largest absolute Gasteiger partial charge is 0.459 e. The van der Waals surface area contributed by atoms with Gasteiger partial charge in [0.25, 0.3) is 0 Å². The SMILES string of the molecule is O=C(OC[C@H]1O[C@@H](n2cc(Br)c3c(Cl)ccnc32)[C@H](OC(=O)c2ccccc2)[C@@H]1OC(=O)c1ccccc1)c1ccccc1. The smallest absolute Gasteiger partial charge is 0.338 e. The predicted octanol–water partition coefficient (Wildman–Crippen LogP) is 6.66. The number of nitrogens with zero attached hydrogens (tertiary/aromatic N) is 2. The first-order chi connectivity index (χ1) is 21.4. The van der Waals surface area contributed by atoms with Crippen LogP contribution in [0.3, 0.4) is 0 Å². The highest BCUT2D eigenvalue weighted by molar-refractivity contribution is 9.10. The molecule has 9 nitrogen and oxygen atoms in total. The number of rotatable bonds is 8. The van der Waals surface area contributed by atoms with Crippen molar-refractivity contribution < 1.29 is 33.3 Å². The number of fused-ring (bicyclic) bond motifs is 1. The quantitative estimate of drug-likeness (QED) is 0.133. The van der Waals surface area contributed by atoms with Gasteiger partial charge in [0, 0.05) is 16.9 Å². The number of pyridine rings is 1. The van der Waals surface area contributed by atoms with Crippen molar-refractivity contribution in [2.75, 3.05) is 6.61 Å². The van der Waals surface area contributed by atoms with E-state index in [0.717, 1.165) is 0 Å². The molecule has 11 heteroatoms. The molecule has 1 saturated heterocycles. The summed E-state index contributed by atoms with van der Waals surface area (Å²) in [4.78, 5) is 44.1. The van der Waals surface area contributed by atoms with Crippen LogP contribution in [0.15, 0.2) is 114 Å². The third-order valence-electron chi connectivity index (χ3n) is 7.07. The minimum atomic E-state index is -1.18. The number of halogens is 2. The average molecular weight is 676 g/mol. The fraction of sp³-hybridized carbons (Fsp3) is 0.152. The van der Waals surface area contributed by atoms with Crippen molar-refractivity contribution in [1.29, 1.82) is 0 Å². The molecule has 0 spiro atoms. The molecule has 0 radical (unpaired) electrons. The number of carbonyl (C=O) groups is 3. The molecule has 0 amide bonds. The Morgan fingerprint density at radius 2 is 1.30 bits per heavy atom. The second kappa shape index (κ2) is 13.0. The second-order valence-electron chi connectivity index (χ2n) is 9.88. The zero-order valence-electron chi connectivity index (χ0n) is 22.9. The van der Waals surface area contributed by atoms with E-state index in [9.17, 15) is 14.4 Å². The molecular formula is C33H24BrClN2O7. The molecule has 1 fully saturated rings. The first-order valence-electron chi connectivity index (χ1n) is 13.6. The molecule has 1 aliphatic rings. The lowest BCUT2D eigenvalue weighted by atomic mass is 10.1. The Morgan fingerprint density at radius 3 is 1.86 bits per heavy atom. The van der Waals surface area contributed by atoms with Gasteiger partial charge in [-0.15, -0.1) is 0 Å². The molecule has 44 heavy (non-hydrogen) atoms. The number of aromatic nitrogens is 2. The van der Waals surface area contributed by atoms with Crippen LogP contribution in [-0.4, -0.2) is 52.4 Å². The van der Waals surface area contributed by atoms with Crippen LogP contribution in [0.4, 0.5) is 0 Å². The normalized spacial score (nSPS) is 19.4. The fourth-order valence-electron chi connectivity index (χ4n) is 4.97. The van der Waals surface area contributed by atoms with Crippen molar-refractivity contribution in [3.8, 4) is 0 Å². The van der Waals surface area contributed by atoms with E-state index in [1.165, 1.54) is 0 Å². The minimum absolute atomic E-state index is 0.284. The Labute approximate surface area is 265 Å². The van der Waals surface area contributed by atoms with E-state index in [2.05, 4.69) is 20.9 Å². The van der Waals surface area contributed by atoms with Crippen LogP contribution < -0.4 is 0 Å². The zero-order valence-corrected chi connectivity index (χ0v) is 25.3. The lowest BCUT2D eigenvalue weighted by Gasteiger charge is -2.25. The third kappa shape index (κ3) is 6.10. The molecule has 222 valence electrons. The monoisotopic (exact) mass is 674 g/mol. The Kier molecular flexibility index (Phi) is 8.74. The van der Waals surface area contributed by atoms with Crippen LogP contribution in [0.1, 0.15) is 37.3 Å². The van der Waals surface area contributed by atoms with Crippen LogP contribution in [0.5, 0.6) is 0 Å². The van der Waals surface area contributed by atoms with E-state index in [1.807, 2.05) is 0 Å². The van der Waals surface area contributed by atoms with E-state index < -0.39 is 42.4 Å². The summed E-state index contributed by atoms with van der Waals surface area (Å²) in [6, 6.07) is 26.9. The molecule has 0 aliphatic carbocycles.